The second kappa shape index (κ2) is 7.23. The van der Waals surface area contributed by atoms with Gasteiger partial charge in [0.05, 0.1) is 6.54 Å². The Bertz CT molecular complexity index is 1060. The molecule has 0 saturated heterocycles. The number of imidazole rings is 1. The number of rotatable bonds is 5. The van der Waals surface area contributed by atoms with Crippen molar-refractivity contribution in [3.8, 4) is 0 Å². The van der Waals surface area contributed by atoms with Gasteiger partial charge in [-0.05, 0) is 55.3 Å². The lowest BCUT2D eigenvalue weighted by Gasteiger charge is -2.10. The van der Waals surface area contributed by atoms with Gasteiger partial charge in [0.15, 0.2) is 5.65 Å². The van der Waals surface area contributed by atoms with Crippen molar-refractivity contribution < 1.29 is 0 Å². The van der Waals surface area contributed by atoms with Gasteiger partial charge >= 0.3 is 0 Å². The summed E-state index contributed by atoms with van der Waals surface area (Å²) < 4.78 is 2.25. The van der Waals surface area contributed by atoms with Crippen LogP contribution in [-0.2, 0) is 13.0 Å². The molecule has 0 saturated carbocycles. The summed E-state index contributed by atoms with van der Waals surface area (Å²) in [5.74, 6) is 1.08. The molecule has 2 aromatic carbocycles. The molecule has 0 aliphatic heterocycles. The maximum absolute atomic E-state index is 4.83. The third-order valence-electron chi connectivity index (χ3n) is 4.77. The fourth-order valence-electron chi connectivity index (χ4n) is 3.45. The van der Waals surface area contributed by atoms with Crippen LogP contribution in [0.15, 0.2) is 60.7 Å². The van der Waals surface area contributed by atoms with Crippen molar-refractivity contribution in [2.75, 3.05) is 5.32 Å². The standard InChI is InChI=1S/C23H24N4/c1-4-21-26-22-16(2)14-17(3)24-23(22)27(21)15-18-10-12-20(13-11-18)25-19-8-6-5-7-9-19/h5-14,25H,4,15H2,1-3H3. The van der Waals surface area contributed by atoms with Gasteiger partial charge in [-0.3, -0.25) is 0 Å². The summed E-state index contributed by atoms with van der Waals surface area (Å²) in [6.45, 7) is 7.07. The summed E-state index contributed by atoms with van der Waals surface area (Å²) in [6, 6.07) is 20.9. The fraction of sp³-hybridized carbons (Fsp3) is 0.217. The zero-order valence-corrected chi connectivity index (χ0v) is 16.0. The van der Waals surface area contributed by atoms with E-state index < -0.39 is 0 Å². The number of hydrogen-bond acceptors (Lipinski definition) is 3. The average molecular weight is 356 g/mol. The van der Waals surface area contributed by atoms with E-state index in [4.69, 9.17) is 9.97 Å². The van der Waals surface area contributed by atoms with Crippen LogP contribution in [0.3, 0.4) is 0 Å². The van der Waals surface area contributed by atoms with Crippen LogP contribution < -0.4 is 5.32 Å². The molecule has 0 unspecified atom stereocenters. The predicted octanol–water partition coefficient (Wildman–Crippen LogP) is 5.40. The molecule has 136 valence electrons. The number of benzene rings is 2. The summed E-state index contributed by atoms with van der Waals surface area (Å²) >= 11 is 0. The van der Waals surface area contributed by atoms with Crippen LogP contribution in [0.2, 0.25) is 0 Å². The Morgan fingerprint density at radius 3 is 2.30 bits per heavy atom. The van der Waals surface area contributed by atoms with Gasteiger partial charge in [0.1, 0.15) is 11.3 Å². The summed E-state index contributed by atoms with van der Waals surface area (Å²) in [4.78, 5) is 9.59. The number of aromatic nitrogens is 3. The van der Waals surface area contributed by atoms with E-state index in [1.54, 1.807) is 0 Å². The van der Waals surface area contributed by atoms with Gasteiger partial charge in [0.2, 0.25) is 0 Å². The van der Waals surface area contributed by atoms with Crippen LogP contribution in [0.5, 0.6) is 0 Å². The minimum atomic E-state index is 0.779. The molecule has 0 aliphatic carbocycles. The molecule has 4 rings (SSSR count). The maximum atomic E-state index is 4.83. The molecule has 4 heteroatoms. The highest BCUT2D eigenvalue weighted by molar-refractivity contribution is 5.76. The topological polar surface area (TPSA) is 42.7 Å². The number of nitrogens with zero attached hydrogens (tertiary/aromatic N) is 3. The molecule has 0 aliphatic rings. The molecule has 0 atom stereocenters. The number of para-hydroxylation sites is 1. The van der Waals surface area contributed by atoms with E-state index in [2.05, 4.69) is 66.2 Å². The molecule has 4 nitrogen and oxygen atoms in total. The van der Waals surface area contributed by atoms with Crippen LogP contribution in [-0.4, -0.2) is 14.5 Å². The van der Waals surface area contributed by atoms with Crippen molar-refractivity contribution in [3.63, 3.8) is 0 Å². The molecule has 0 fully saturated rings. The molecule has 0 spiro atoms. The lowest BCUT2D eigenvalue weighted by atomic mass is 10.2. The highest BCUT2D eigenvalue weighted by atomic mass is 15.1. The molecule has 0 amide bonds. The molecule has 1 N–H and O–H groups in total. The van der Waals surface area contributed by atoms with E-state index in [0.717, 1.165) is 47.0 Å². The predicted molar refractivity (Wildman–Crippen MR) is 112 cm³/mol. The molecule has 2 heterocycles. The van der Waals surface area contributed by atoms with Crippen LogP contribution in [0.4, 0.5) is 11.4 Å². The van der Waals surface area contributed by atoms with Gasteiger partial charge in [-0.2, -0.15) is 0 Å². The molecule has 27 heavy (non-hydrogen) atoms. The molecule has 2 aromatic heterocycles. The second-order valence-electron chi connectivity index (χ2n) is 6.91. The van der Waals surface area contributed by atoms with Crippen LogP contribution in [0, 0.1) is 13.8 Å². The van der Waals surface area contributed by atoms with E-state index in [1.165, 1.54) is 11.1 Å². The number of anilines is 2. The van der Waals surface area contributed by atoms with Crippen LogP contribution in [0.1, 0.15) is 29.6 Å². The minimum Gasteiger partial charge on any atom is -0.356 e. The van der Waals surface area contributed by atoms with Gasteiger partial charge in [-0.1, -0.05) is 37.3 Å². The largest absolute Gasteiger partial charge is 0.356 e. The van der Waals surface area contributed by atoms with Crippen molar-refractivity contribution in [3.05, 3.63) is 83.3 Å². The van der Waals surface area contributed by atoms with Crippen molar-refractivity contribution in [2.45, 2.75) is 33.7 Å². The van der Waals surface area contributed by atoms with Gasteiger partial charge in [0, 0.05) is 23.5 Å². The molecular formula is C23H24N4. The van der Waals surface area contributed by atoms with Crippen molar-refractivity contribution in [2.24, 2.45) is 0 Å². The lowest BCUT2D eigenvalue weighted by molar-refractivity contribution is 0.745. The van der Waals surface area contributed by atoms with E-state index >= 15 is 0 Å². The second-order valence-corrected chi connectivity index (χ2v) is 6.91. The van der Waals surface area contributed by atoms with Gasteiger partial charge in [-0.25, -0.2) is 9.97 Å². The first kappa shape index (κ1) is 17.3. The summed E-state index contributed by atoms with van der Waals surface area (Å²) in [5.41, 5.74) is 7.63. The summed E-state index contributed by atoms with van der Waals surface area (Å²) in [5, 5.41) is 3.43. The number of aryl methyl sites for hydroxylation is 3. The first-order valence-electron chi connectivity index (χ1n) is 9.38. The van der Waals surface area contributed by atoms with E-state index in [0.29, 0.717) is 0 Å². The minimum absolute atomic E-state index is 0.779. The van der Waals surface area contributed by atoms with Crippen molar-refractivity contribution in [1.29, 1.82) is 0 Å². The third kappa shape index (κ3) is 3.56. The summed E-state index contributed by atoms with van der Waals surface area (Å²) in [6.07, 6.45) is 0.891. The number of fused-ring (bicyclic) bond motifs is 1. The van der Waals surface area contributed by atoms with Crippen molar-refractivity contribution in [1.82, 2.24) is 14.5 Å². The van der Waals surface area contributed by atoms with Gasteiger partial charge in [-0.15, -0.1) is 0 Å². The molecule has 0 radical (unpaired) electrons. The quantitative estimate of drug-likeness (QED) is 0.520. The Balaban J connectivity index is 1.62. The Kier molecular flexibility index (Phi) is 4.63. The Hall–Kier alpha value is -3.14. The first-order chi connectivity index (χ1) is 13.1. The Morgan fingerprint density at radius 1 is 0.889 bits per heavy atom. The smallest absolute Gasteiger partial charge is 0.160 e. The number of hydrogen-bond donors (Lipinski definition) is 1. The molecular weight excluding hydrogens is 332 g/mol. The number of pyridine rings is 1. The van der Waals surface area contributed by atoms with Gasteiger partial charge in [0.25, 0.3) is 0 Å². The highest BCUT2D eigenvalue weighted by Crippen LogP contribution is 2.22. The first-order valence-corrected chi connectivity index (χ1v) is 9.38. The van der Waals surface area contributed by atoms with Crippen LogP contribution >= 0.6 is 0 Å². The zero-order chi connectivity index (χ0) is 18.8. The maximum Gasteiger partial charge on any atom is 0.160 e. The average Bonchev–Trinajstić information content (AvgIpc) is 3.02. The Labute approximate surface area is 159 Å². The third-order valence-corrected chi connectivity index (χ3v) is 4.77. The van der Waals surface area contributed by atoms with E-state index in [-0.39, 0.29) is 0 Å². The zero-order valence-electron chi connectivity index (χ0n) is 16.0. The van der Waals surface area contributed by atoms with Gasteiger partial charge < -0.3 is 9.88 Å². The number of nitrogens with one attached hydrogen (secondary N) is 1. The lowest BCUT2D eigenvalue weighted by Crippen LogP contribution is -2.05. The van der Waals surface area contributed by atoms with E-state index in [1.807, 2.05) is 25.1 Å². The van der Waals surface area contributed by atoms with Crippen molar-refractivity contribution >= 4 is 22.5 Å². The Morgan fingerprint density at radius 2 is 1.59 bits per heavy atom. The molecule has 0 bridgehead atoms. The monoisotopic (exact) mass is 356 g/mol. The summed E-state index contributed by atoms with van der Waals surface area (Å²) in [7, 11) is 0. The fourth-order valence-corrected chi connectivity index (χ4v) is 3.45. The SMILES string of the molecule is CCc1nc2c(C)cc(C)nc2n1Cc1ccc(Nc2ccccc2)cc1. The van der Waals surface area contributed by atoms with Crippen LogP contribution in [0.25, 0.3) is 11.2 Å². The normalized spacial score (nSPS) is 11.1. The van der Waals surface area contributed by atoms with E-state index in [9.17, 15) is 0 Å². The highest BCUT2D eigenvalue weighted by Gasteiger charge is 2.13. The molecule has 4 aromatic rings.